The third-order valence-electron chi connectivity index (χ3n) is 7.89. The van der Waals surface area contributed by atoms with E-state index in [4.69, 9.17) is 4.74 Å². The Morgan fingerprint density at radius 1 is 0.977 bits per heavy atom. The minimum Gasteiger partial charge on any atom is -0.457 e. The summed E-state index contributed by atoms with van der Waals surface area (Å²) in [5.74, 6) is 1.10. The van der Waals surface area contributed by atoms with Crippen molar-refractivity contribution in [3.63, 3.8) is 0 Å². The number of nitrogens with one attached hydrogen (secondary N) is 2. The average molecular weight is 581 g/mol. The third kappa shape index (κ3) is 6.91. The van der Waals surface area contributed by atoms with Gasteiger partial charge in [0.1, 0.15) is 17.5 Å². The third-order valence-corrected chi connectivity index (χ3v) is 7.89. The summed E-state index contributed by atoms with van der Waals surface area (Å²) in [5, 5.41) is 6.12. The fourth-order valence-electron chi connectivity index (χ4n) is 5.82. The number of hydrogen-bond donors (Lipinski definition) is 2. The number of rotatable bonds is 12. The largest absolute Gasteiger partial charge is 0.457 e. The highest BCUT2D eigenvalue weighted by molar-refractivity contribution is 6.03. The Labute approximate surface area is 253 Å². The van der Waals surface area contributed by atoms with E-state index in [0.29, 0.717) is 42.3 Å². The summed E-state index contributed by atoms with van der Waals surface area (Å²) >= 11 is 0. The number of carbonyl (C=O) groups is 3. The van der Waals surface area contributed by atoms with Gasteiger partial charge in [-0.05, 0) is 67.5 Å². The van der Waals surface area contributed by atoms with Gasteiger partial charge in [-0.1, -0.05) is 74.5 Å². The molecule has 0 fully saturated rings. The molecule has 0 saturated carbocycles. The van der Waals surface area contributed by atoms with Crippen LogP contribution in [0.3, 0.4) is 0 Å². The molecule has 2 heterocycles. The lowest BCUT2D eigenvalue weighted by molar-refractivity contribution is -0.137. The number of aryl methyl sites for hydroxylation is 1. The van der Waals surface area contributed by atoms with Crippen LogP contribution in [0, 0.1) is 5.92 Å². The smallest absolute Gasteiger partial charge is 0.322 e. The molecule has 43 heavy (non-hydrogen) atoms. The molecule has 8 nitrogen and oxygen atoms in total. The van der Waals surface area contributed by atoms with Crippen LogP contribution in [0.25, 0.3) is 0 Å². The van der Waals surface area contributed by atoms with Crippen LogP contribution >= 0.6 is 0 Å². The Morgan fingerprint density at radius 3 is 2.37 bits per heavy atom. The molecule has 2 aliphatic rings. The molecule has 0 aromatic heterocycles. The van der Waals surface area contributed by atoms with Gasteiger partial charge >= 0.3 is 6.03 Å². The van der Waals surface area contributed by atoms with Gasteiger partial charge in [0, 0.05) is 13.1 Å². The number of para-hydroxylation sites is 1. The van der Waals surface area contributed by atoms with Crippen molar-refractivity contribution in [2.75, 3.05) is 19.6 Å². The first-order chi connectivity index (χ1) is 20.9. The maximum Gasteiger partial charge on any atom is 0.322 e. The highest BCUT2D eigenvalue weighted by atomic mass is 16.5. The highest BCUT2D eigenvalue weighted by Gasteiger charge is 2.46. The van der Waals surface area contributed by atoms with E-state index in [1.54, 1.807) is 9.80 Å². The lowest BCUT2D eigenvalue weighted by Crippen LogP contribution is -2.49. The molecular weight excluding hydrogens is 540 g/mol. The second-order valence-corrected chi connectivity index (χ2v) is 11.4. The number of hydrogen-bond acceptors (Lipinski definition) is 4. The molecule has 8 heteroatoms. The van der Waals surface area contributed by atoms with E-state index in [-0.39, 0.29) is 30.3 Å². The van der Waals surface area contributed by atoms with Crippen LogP contribution in [0.2, 0.25) is 0 Å². The summed E-state index contributed by atoms with van der Waals surface area (Å²) in [7, 11) is 0. The summed E-state index contributed by atoms with van der Waals surface area (Å²) in [6.07, 6.45) is 2.19. The van der Waals surface area contributed by atoms with Gasteiger partial charge in [0.2, 0.25) is 5.91 Å². The van der Waals surface area contributed by atoms with Crippen molar-refractivity contribution < 1.29 is 19.1 Å². The molecule has 224 valence electrons. The van der Waals surface area contributed by atoms with Gasteiger partial charge in [0.05, 0.1) is 23.9 Å². The quantitative estimate of drug-likeness (QED) is 0.264. The maximum absolute atomic E-state index is 14.2. The molecule has 0 spiro atoms. The summed E-state index contributed by atoms with van der Waals surface area (Å²) < 4.78 is 6.04. The van der Waals surface area contributed by atoms with E-state index >= 15 is 0 Å². The first-order valence-electron chi connectivity index (χ1n) is 15.1. The highest BCUT2D eigenvalue weighted by Crippen LogP contribution is 2.38. The molecule has 0 unspecified atom stereocenters. The Morgan fingerprint density at radius 2 is 1.67 bits per heavy atom. The van der Waals surface area contributed by atoms with Crippen LogP contribution in [0.5, 0.6) is 11.5 Å². The summed E-state index contributed by atoms with van der Waals surface area (Å²) in [6, 6.07) is 25.5. The molecule has 4 amide bonds. The average Bonchev–Trinajstić information content (AvgIpc) is 3.35. The van der Waals surface area contributed by atoms with Gasteiger partial charge in [-0.2, -0.15) is 0 Å². The summed E-state index contributed by atoms with van der Waals surface area (Å²) in [4.78, 5) is 44.3. The number of likely N-dealkylation sites (N-methyl/N-ethyl adjacent to an activating group) is 1. The number of carbonyl (C=O) groups excluding carboxylic acids is 3. The second-order valence-electron chi connectivity index (χ2n) is 11.4. The molecule has 2 atom stereocenters. The molecule has 0 radical (unpaired) electrons. The lowest BCUT2D eigenvalue weighted by Gasteiger charge is -2.33. The zero-order valence-electron chi connectivity index (χ0n) is 25.1. The molecule has 2 aliphatic heterocycles. The fourth-order valence-corrected chi connectivity index (χ4v) is 5.82. The summed E-state index contributed by atoms with van der Waals surface area (Å²) in [6.45, 7) is 7.13. The van der Waals surface area contributed by atoms with E-state index in [2.05, 4.69) is 22.8 Å². The van der Waals surface area contributed by atoms with Crippen LogP contribution < -0.4 is 15.4 Å². The van der Waals surface area contributed by atoms with Crippen LogP contribution in [0.4, 0.5) is 4.79 Å². The second kappa shape index (κ2) is 13.6. The van der Waals surface area contributed by atoms with Gasteiger partial charge in [-0.25, -0.2) is 4.79 Å². The van der Waals surface area contributed by atoms with Crippen LogP contribution in [-0.4, -0.2) is 53.3 Å². The molecular formula is C35H40N4O4. The number of benzene rings is 3. The van der Waals surface area contributed by atoms with Gasteiger partial charge in [-0.3, -0.25) is 14.5 Å². The first kappa shape index (κ1) is 29.9. The van der Waals surface area contributed by atoms with E-state index in [1.165, 1.54) is 5.56 Å². The fraction of sp³-hybridized carbons (Fsp3) is 0.343. The van der Waals surface area contributed by atoms with Gasteiger partial charge in [0.25, 0.3) is 5.91 Å². The van der Waals surface area contributed by atoms with Crippen LogP contribution in [0.15, 0.2) is 96.2 Å². The number of amides is 4. The SMILES string of the molecule is CCN1C(=O)N[C@H](c2cccc(Oc3ccccc3)c2)C2=C1CN([C@@H](CC(C)C)C(=O)NCCCc1ccccc1)C2=O. The van der Waals surface area contributed by atoms with Crippen molar-refractivity contribution in [3.8, 4) is 11.5 Å². The predicted molar refractivity (Wildman–Crippen MR) is 166 cm³/mol. The molecule has 0 bridgehead atoms. The van der Waals surface area contributed by atoms with Crippen molar-refractivity contribution >= 4 is 17.8 Å². The standard InChI is InChI=1S/C35H40N4O4/c1-4-38-30-23-39(29(21-24(2)3)33(40)36-20-12-15-25-13-7-5-8-14-25)34(41)31(30)32(37-35(38)42)26-16-11-19-28(22-26)43-27-17-9-6-10-18-27/h5-11,13-14,16-19,22,24,29,32H,4,12,15,20-21,23H2,1-3H3,(H,36,40)(H,37,42)/t29-,32+/m0/s1. The van der Waals surface area contributed by atoms with Crippen LogP contribution in [-0.2, 0) is 16.0 Å². The number of urea groups is 1. The molecule has 3 aromatic rings. The molecule has 2 N–H and O–H groups in total. The molecule has 5 rings (SSSR count). The Bertz CT molecular complexity index is 1470. The van der Waals surface area contributed by atoms with Crippen molar-refractivity contribution in [1.82, 2.24) is 20.4 Å². The Hall–Kier alpha value is -4.59. The molecule has 0 saturated heterocycles. The number of ether oxygens (including phenoxy) is 1. The van der Waals surface area contributed by atoms with E-state index in [0.717, 1.165) is 18.4 Å². The van der Waals surface area contributed by atoms with E-state index in [9.17, 15) is 14.4 Å². The van der Waals surface area contributed by atoms with Crippen molar-refractivity contribution in [3.05, 3.63) is 107 Å². The lowest BCUT2D eigenvalue weighted by atomic mass is 9.95. The zero-order valence-corrected chi connectivity index (χ0v) is 25.1. The maximum atomic E-state index is 14.2. The normalized spacial score (nSPS) is 17.2. The Balaban J connectivity index is 1.36. The monoisotopic (exact) mass is 580 g/mol. The minimum absolute atomic E-state index is 0.160. The summed E-state index contributed by atoms with van der Waals surface area (Å²) in [5.41, 5.74) is 3.12. The predicted octanol–water partition coefficient (Wildman–Crippen LogP) is 5.83. The zero-order chi connectivity index (χ0) is 30.3. The molecule has 3 aromatic carbocycles. The van der Waals surface area contributed by atoms with Crippen molar-refractivity contribution in [2.45, 2.75) is 52.1 Å². The van der Waals surface area contributed by atoms with Gasteiger partial charge < -0.3 is 20.3 Å². The Kier molecular flexibility index (Phi) is 9.45. The van der Waals surface area contributed by atoms with Crippen LogP contribution in [0.1, 0.15) is 50.8 Å². The van der Waals surface area contributed by atoms with E-state index in [1.807, 2.05) is 93.6 Å². The van der Waals surface area contributed by atoms with E-state index < -0.39 is 12.1 Å². The topological polar surface area (TPSA) is 91.0 Å². The minimum atomic E-state index is -0.657. The van der Waals surface area contributed by atoms with Crippen molar-refractivity contribution in [1.29, 1.82) is 0 Å². The van der Waals surface area contributed by atoms with Crippen molar-refractivity contribution in [2.24, 2.45) is 5.92 Å². The number of nitrogens with zero attached hydrogens (tertiary/aromatic N) is 2. The molecule has 0 aliphatic carbocycles. The van der Waals surface area contributed by atoms with Gasteiger partial charge in [0.15, 0.2) is 0 Å². The van der Waals surface area contributed by atoms with Gasteiger partial charge in [-0.15, -0.1) is 0 Å². The first-order valence-corrected chi connectivity index (χ1v) is 15.1.